The molecular formula is C10H11F3OS. The van der Waals surface area contributed by atoms with E-state index in [4.69, 9.17) is 0 Å². The van der Waals surface area contributed by atoms with Crippen LogP contribution in [0, 0.1) is 0 Å². The molecule has 1 aromatic carbocycles. The van der Waals surface area contributed by atoms with E-state index < -0.39 is 18.5 Å². The van der Waals surface area contributed by atoms with Crippen molar-refractivity contribution in [3.8, 4) is 0 Å². The van der Waals surface area contributed by atoms with Crippen molar-refractivity contribution >= 4 is 11.8 Å². The zero-order valence-corrected chi connectivity index (χ0v) is 8.68. The predicted octanol–water partition coefficient (Wildman–Crippen LogP) is 3.39. The standard InChI is InChI=1S/C10H11F3OS/c11-6-5-9(14)7-1-3-8(4-2-7)15-10(12)13/h1-4,9-10,14H,5-6H2. The second-order valence-corrected chi connectivity index (χ2v) is 4.00. The third kappa shape index (κ3) is 4.13. The lowest BCUT2D eigenvalue weighted by Gasteiger charge is -2.09. The van der Waals surface area contributed by atoms with Crippen molar-refractivity contribution in [2.75, 3.05) is 6.67 Å². The van der Waals surface area contributed by atoms with E-state index in [1.807, 2.05) is 0 Å². The lowest BCUT2D eigenvalue weighted by Crippen LogP contribution is -1.98. The van der Waals surface area contributed by atoms with E-state index in [-0.39, 0.29) is 6.42 Å². The lowest BCUT2D eigenvalue weighted by molar-refractivity contribution is 0.156. The van der Waals surface area contributed by atoms with Crippen LogP contribution in [0.1, 0.15) is 18.1 Å². The molecule has 5 heteroatoms. The van der Waals surface area contributed by atoms with Crippen LogP contribution in [0.25, 0.3) is 0 Å². The van der Waals surface area contributed by atoms with Crippen LogP contribution < -0.4 is 0 Å². The average molecular weight is 236 g/mol. The van der Waals surface area contributed by atoms with Crippen molar-refractivity contribution in [2.45, 2.75) is 23.2 Å². The first kappa shape index (κ1) is 12.4. The lowest BCUT2D eigenvalue weighted by atomic mass is 10.1. The zero-order chi connectivity index (χ0) is 11.3. The predicted molar refractivity (Wildman–Crippen MR) is 53.9 cm³/mol. The van der Waals surface area contributed by atoms with Gasteiger partial charge in [0.1, 0.15) is 0 Å². The summed E-state index contributed by atoms with van der Waals surface area (Å²) in [5.74, 6) is -2.45. The number of thioether (sulfide) groups is 1. The van der Waals surface area contributed by atoms with Gasteiger partial charge in [0, 0.05) is 11.3 Å². The molecule has 84 valence electrons. The second kappa shape index (κ2) is 6.02. The van der Waals surface area contributed by atoms with Crippen LogP contribution in [0.3, 0.4) is 0 Å². The molecule has 0 bridgehead atoms. The van der Waals surface area contributed by atoms with Crippen LogP contribution in [0.5, 0.6) is 0 Å². The quantitative estimate of drug-likeness (QED) is 0.791. The molecule has 0 fully saturated rings. The third-order valence-electron chi connectivity index (χ3n) is 1.87. The van der Waals surface area contributed by atoms with Gasteiger partial charge in [-0.15, -0.1) is 0 Å². The van der Waals surface area contributed by atoms with Gasteiger partial charge in [0.05, 0.1) is 12.8 Å². The molecule has 0 aliphatic rings. The highest BCUT2D eigenvalue weighted by Gasteiger charge is 2.08. The molecule has 0 radical (unpaired) electrons. The molecule has 1 rings (SSSR count). The van der Waals surface area contributed by atoms with Crippen LogP contribution in [0.15, 0.2) is 29.2 Å². The number of alkyl halides is 3. The summed E-state index contributed by atoms with van der Waals surface area (Å²) in [5.41, 5.74) is 0.547. The van der Waals surface area contributed by atoms with E-state index in [0.717, 1.165) is 0 Å². The van der Waals surface area contributed by atoms with Crippen LogP contribution in [0.2, 0.25) is 0 Å². The Labute approximate surface area is 90.3 Å². The Hall–Kier alpha value is -0.680. The van der Waals surface area contributed by atoms with Gasteiger partial charge in [-0.2, -0.15) is 8.78 Å². The number of halogens is 3. The molecule has 1 N–H and O–H groups in total. The molecule has 0 saturated heterocycles. The maximum Gasteiger partial charge on any atom is 0.288 e. The Balaban J connectivity index is 2.63. The van der Waals surface area contributed by atoms with Gasteiger partial charge in [-0.05, 0) is 17.7 Å². The second-order valence-electron chi connectivity index (χ2n) is 2.94. The molecule has 1 aromatic rings. The van der Waals surface area contributed by atoms with Crippen LogP contribution >= 0.6 is 11.8 Å². The van der Waals surface area contributed by atoms with Gasteiger partial charge in [0.25, 0.3) is 5.76 Å². The summed E-state index contributed by atoms with van der Waals surface area (Å²) in [6.07, 6.45) is -0.831. The molecule has 0 saturated carbocycles. The highest BCUT2D eigenvalue weighted by molar-refractivity contribution is 7.99. The van der Waals surface area contributed by atoms with Gasteiger partial charge in [-0.1, -0.05) is 23.9 Å². The monoisotopic (exact) mass is 236 g/mol. The Morgan fingerprint density at radius 3 is 2.27 bits per heavy atom. The Morgan fingerprint density at radius 1 is 1.20 bits per heavy atom. The summed E-state index contributed by atoms with van der Waals surface area (Å²) in [4.78, 5) is 0.432. The molecule has 1 nitrogen and oxygen atoms in total. The summed E-state index contributed by atoms with van der Waals surface area (Å²) in [5, 5.41) is 9.40. The van der Waals surface area contributed by atoms with E-state index in [2.05, 4.69) is 0 Å². The van der Waals surface area contributed by atoms with Gasteiger partial charge in [0.2, 0.25) is 0 Å². The van der Waals surface area contributed by atoms with E-state index >= 15 is 0 Å². The van der Waals surface area contributed by atoms with Gasteiger partial charge >= 0.3 is 0 Å². The van der Waals surface area contributed by atoms with Crippen LogP contribution in [-0.4, -0.2) is 17.5 Å². The number of hydrogen-bond donors (Lipinski definition) is 1. The summed E-state index contributed by atoms with van der Waals surface area (Å²) in [6, 6.07) is 6.05. The van der Waals surface area contributed by atoms with E-state index in [1.165, 1.54) is 24.3 Å². The molecule has 1 atom stereocenters. The molecule has 0 heterocycles. The van der Waals surface area contributed by atoms with Crippen molar-refractivity contribution in [2.24, 2.45) is 0 Å². The normalized spacial score (nSPS) is 13.1. The summed E-state index contributed by atoms with van der Waals surface area (Å²) in [7, 11) is 0. The van der Waals surface area contributed by atoms with E-state index in [9.17, 15) is 18.3 Å². The molecule has 15 heavy (non-hydrogen) atoms. The SMILES string of the molecule is OC(CCF)c1ccc(SC(F)F)cc1. The van der Waals surface area contributed by atoms with Gasteiger partial charge in [-0.25, -0.2) is 0 Å². The van der Waals surface area contributed by atoms with Gasteiger partial charge < -0.3 is 5.11 Å². The van der Waals surface area contributed by atoms with Gasteiger partial charge in [-0.3, -0.25) is 4.39 Å². The average Bonchev–Trinajstić information content (AvgIpc) is 2.18. The summed E-state index contributed by atoms with van der Waals surface area (Å²) >= 11 is 0.443. The first-order chi connectivity index (χ1) is 7.13. The van der Waals surface area contributed by atoms with Crippen LogP contribution in [-0.2, 0) is 0 Å². The first-order valence-corrected chi connectivity index (χ1v) is 5.30. The molecular weight excluding hydrogens is 225 g/mol. The van der Waals surface area contributed by atoms with Crippen molar-refractivity contribution in [3.63, 3.8) is 0 Å². The largest absolute Gasteiger partial charge is 0.388 e. The van der Waals surface area contributed by atoms with E-state index in [0.29, 0.717) is 22.2 Å². The van der Waals surface area contributed by atoms with Crippen molar-refractivity contribution in [3.05, 3.63) is 29.8 Å². The molecule has 0 amide bonds. The number of rotatable bonds is 5. The van der Waals surface area contributed by atoms with Crippen molar-refractivity contribution in [1.82, 2.24) is 0 Å². The van der Waals surface area contributed by atoms with Crippen molar-refractivity contribution < 1.29 is 18.3 Å². The topological polar surface area (TPSA) is 20.2 Å². The maximum atomic E-state index is 12.0. The minimum absolute atomic E-state index is 0.0291. The molecule has 0 aromatic heterocycles. The fraction of sp³-hybridized carbons (Fsp3) is 0.400. The highest BCUT2D eigenvalue weighted by Crippen LogP contribution is 2.26. The number of aliphatic hydroxyl groups excluding tert-OH is 1. The summed E-state index contributed by atoms with van der Waals surface area (Å²) in [6.45, 7) is -0.602. The number of benzene rings is 1. The highest BCUT2D eigenvalue weighted by atomic mass is 32.2. The first-order valence-electron chi connectivity index (χ1n) is 4.42. The van der Waals surface area contributed by atoms with E-state index in [1.54, 1.807) is 0 Å². The Morgan fingerprint density at radius 2 is 1.80 bits per heavy atom. The summed E-state index contributed by atoms with van der Waals surface area (Å²) < 4.78 is 35.8. The molecule has 0 spiro atoms. The number of hydrogen-bond acceptors (Lipinski definition) is 2. The Kier molecular flexibility index (Phi) is 4.98. The number of aliphatic hydroxyl groups is 1. The third-order valence-corrected chi connectivity index (χ3v) is 2.60. The minimum Gasteiger partial charge on any atom is -0.388 e. The van der Waals surface area contributed by atoms with Gasteiger partial charge in [0.15, 0.2) is 0 Å². The fourth-order valence-corrected chi connectivity index (χ4v) is 1.64. The minimum atomic E-state index is -2.45. The molecule has 0 aliphatic carbocycles. The fourth-order valence-electron chi connectivity index (χ4n) is 1.14. The van der Waals surface area contributed by atoms with Crippen LogP contribution in [0.4, 0.5) is 13.2 Å². The smallest absolute Gasteiger partial charge is 0.288 e. The van der Waals surface area contributed by atoms with Crippen molar-refractivity contribution in [1.29, 1.82) is 0 Å². The molecule has 0 aliphatic heterocycles. The maximum absolute atomic E-state index is 12.0. The Bertz CT molecular complexity index is 289. The zero-order valence-electron chi connectivity index (χ0n) is 7.87. The molecule has 1 unspecified atom stereocenters.